The number of carbonyl (C=O) groups is 1. The number of anilines is 3. The molecule has 0 unspecified atom stereocenters. The first-order valence-corrected chi connectivity index (χ1v) is 8.24. The molecule has 2 aromatic heterocycles. The number of carbonyl (C=O) groups excluding carboxylic acids is 1. The van der Waals surface area contributed by atoms with Gasteiger partial charge in [0.05, 0.1) is 12.2 Å². The Morgan fingerprint density at radius 2 is 1.81 bits per heavy atom. The largest absolute Gasteiger partial charge is 0.462 e. The number of ether oxygens (including phenoxy) is 1. The highest BCUT2D eigenvalue weighted by Gasteiger charge is 2.06. The number of benzene rings is 1. The smallest absolute Gasteiger partial charge is 0.338 e. The number of hydrogen-bond donors (Lipinski definition) is 2. The summed E-state index contributed by atoms with van der Waals surface area (Å²) in [5.74, 6) is 0.841. The Kier molecular flexibility index (Phi) is 5.72. The van der Waals surface area contributed by atoms with Crippen molar-refractivity contribution in [1.82, 2.24) is 15.0 Å². The van der Waals surface area contributed by atoms with Crippen LogP contribution in [0.3, 0.4) is 0 Å². The van der Waals surface area contributed by atoms with Gasteiger partial charge in [-0.3, -0.25) is 4.98 Å². The van der Waals surface area contributed by atoms with Crippen molar-refractivity contribution < 1.29 is 9.53 Å². The molecule has 0 saturated carbocycles. The first kappa shape index (κ1) is 17.3. The second kappa shape index (κ2) is 8.57. The van der Waals surface area contributed by atoms with Crippen LogP contribution in [0.25, 0.3) is 0 Å². The number of pyridine rings is 1. The van der Waals surface area contributed by atoms with Crippen LogP contribution in [0.4, 0.5) is 17.5 Å². The molecule has 0 amide bonds. The molecule has 1 aromatic carbocycles. The molecule has 2 heterocycles. The van der Waals surface area contributed by atoms with Gasteiger partial charge in [0.1, 0.15) is 5.82 Å². The van der Waals surface area contributed by atoms with E-state index in [0.717, 1.165) is 11.3 Å². The third-order valence-corrected chi connectivity index (χ3v) is 3.53. The van der Waals surface area contributed by atoms with E-state index in [9.17, 15) is 4.79 Å². The molecule has 0 spiro atoms. The highest BCUT2D eigenvalue weighted by molar-refractivity contribution is 5.89. The summed E-state index contributed by atoms with van der Waals surface area (Å²) in [7, 11) is 0. The molecule has 0 atom stereocenters. The van der Waals surface area contributed by atoms with Crippen molar-refractivity contribution in [3.8, 4) is 0 Å². The second-order valence-corrected chi connectivity index (χ2v) is 5.40. The predicted molar refractivity (Wildman–Crippen MR) is 99.3 cm³/mol. The fraction of sp³-hybridized carbons (Fsp3) is 0.158. The van der Waals surface area contributed by atoms with Gasteiger partial charge in [-0.15, -0.1) is 0 Å². The van der Waals surface area contributed by atoms with Crippen molar-refractivity contribution in [2.24, 2.45) is 0 Å². The van der Waals surface area contributed by atoms with E-state index >= 15 is 0 Å². The molecule has 7 nitrogen and oxygen atoms in total. The van der Waals surface area contributed by atoms with Gasteiger partial charge in [-0.05, 0) is 55.0 Å². The molecule has 0 fully saturated rings. The number of nitrogens with zero attached hydrogens (tertiary/aromatic N) is 3. The zero-order chi connectivity index (χ0) is 18.2. The maximum Gasteiger partial charge on any atom is 0.338 e. The quantitative estimate of drug-likeness (QED) is 0.632. The van der Waals surface area contributed by atoms with E-state index in [-0.39, 0.29) is 5.97 Å². The van der Waals surface area contributed by atoms with Crippen LogP contribution >= 0.6 is 0 Å². The molecule has 0 radical (unpaired) electrons. The van der Waals surface area contributed by atoms with Crippen LogP contribution in [0, 0.1) is 0 Å². The van der Waals surface area contributed by atoms with Gasteiger partial charge in [-0.2, -0.15) is 4.98 Å². The van der Waals surface area contributed by atoms with Gasteiger partial charge >= 0.3 is 5.97 Å². The van der Waals surface area contributed by atoms with E-state index in [1.807, 2.05) is 12.1 Å². The maximum absolute atomic E-state index is 11.7. The minimum absolute atomic E-state index is 0.336. The SMILES string of the molecule is CCOC(=O)c1ccc(Nc2nccc(NCc3ccncc3)n2)cc1. The number of hydrogen-bond acceptors (Lipinski definition) is 7. The Labute approximate surface area is 151 Å². The first-order valence-electron chi connectivity index (χ1n) is 8.24. The van der Waals surface area contributed by atoms with E-state index in [1.165, 1.54) is 0 Å². The first-order chi connectivity index (χ1) is 12.7. The van der Waals surface area contributed by atoms with Gasteiger partial charge in [0.25, 0.3) is 0 Å². The Morgan fingerprint density at radius 1 is 1.04 bits per heavy atom. The molecule has 0 saturated heterocycles. The summed E-state index contributed by atoms with van der Waals surface area (Å²) in [6, 6.07) is 12.7. The Balaban J connectivity index is 1.62. The molecule has 0 aliphatic rings. The molecule has 2 N–H and O–H groups in total. The van der Waals surface area contributed by atoms with Gasteiger partial charge in [-0.25, -0.2) is 9.78 Å². The molecular formula is C19H19N5O2. The average Bonchev–Trinajstić information content (AvgIpc) is 2.68. The van der Waals surface area contributed by atoms with Crippen molar-refractivity contribution in [3.05, 3.63) is 72.2 Å². The lowest BCUT2D eigenvalue weighted by Gasteiger charge is -2.09. The van der Waals surface area contributed by atoms with Crippen LogP contribution in [-0.2, 0) is 11.3 Å². The Morgan fingerprint density at radius 3 is 2.54 bits per heavy atom. The molecule has 3 aromatic rings. The molecule has 132 valence electrons. The van der Waals surface area contributed by atoms with Crippen LogP contribution in [0.1, 0.15) is 22.8 Å². The van der Waals surface area contributed by atoms with E-state index in [2.05, 4.69) is 25.6 Å². The zero-order valence-corrected chi connectivity index (χ0v) is 14.3. The average molecular weight is 349 g/mol. The molecular weight excluding hydrogens is 330 g/mol. The number of rotatable bonds is 7. The topological polar surface area (TPSA) is 89.0 Å². The minimum atomic E-state index is -0.336. The van der Waals surface area contributed by atoms with Crippen molar-refractivity contribution in [3.63, 3.8) is 0 Å². The van der Waals surface area contributed by atoms with Crippen LogP contribution in [0.2, 0.25) is 0 Å². The van der Waals surface area contributed by atoms with Crippen molar-refractivity contribution >= 4 is 23.4 Å². The van der Waals surface area contributed by atoms with E-state index in [1.54, 1.807) is 55.8 Å². The molecule has 0 bridgehead atoms. The normalized spacial score (nSPS) is 10.2. The van der Waals surface area contributed by atoms with E-state index in [4.69, 9.17) is 4.74 Å². The van der Waals surface area contributed by atoms with Gasteiger partial charge < -0.3 is 15.4 Å². The van der Waals surface area contributed by atoms with E-state index < -0.39 is 0 Å². The third kappa shape index (κ3) is 4.76. The number of esters is 1. The van der Waals surface area contributed by atoms with Gasteiger partial charge in [0, 0.05) is 30.8 Å². The van der Waals surface area contributed by atoms with Gasteiger partial charge in [-0.1, -0.05) is 0 Å². The van der Waals surface area contributed by atoms with Gasteiger partial charge in [0.2, 0.25) is 5.95 Å². The van der Waals surface area contributed by atoms with Crippen LogP contribution in [-0.4, -0.2) is 27.5 Å². The third-order valence-electron chi connectivity index (χ3n) is 3.53. The Hall–Kier alpha value is -3.48. The van der Waals surface area contributed by atoms with Crippen molar-refractivity contribution in [2.45, 2.75) is 13.5 Å². The summed E-state index contributed by atoms with van der Waals surface area (Å²) >= 11 is 0. The number of aromatic nitrogens is 3. The van der Waals surface area contributed by atoms with Gasteiger partial charge in [0.15, 0.2) is 0 Å². The number of nitrogens with one attached hydrogen (secondary N) is 2. The summed E-state index contributed by atoms with van der Waals surface area (Å²) in [6.07, 6.45) is 5.19. The summed E-state index contributed by atoms with van der Waals surface area (Å²) in [4.78, 5) is 24.3. The molecule has 0 aliphatic heterocycles. The van der Waals surface area contributed by atoms with Crippen molar-refractivity contribution in [2.75, 3.05) is 17.2 Å². The second-order valence-electron chi connectivity index (χ2n) is 5.40. The van der Waals surface area contributed by atoms with Crippen LogP contribution in [0.5, 0.6) is 0 Å². The minimum Gasteiger partial charge on any atom is -0.462 e. The maximum atomic E-state index is 11.7. The fourth-order valence-electron chi connectivity index (χ4n) is 2.24. The highest BCUT2D eigenvalue weighted by Crippen LogP contribution is 2.16. The molecule has 26 heavy (non-hydrogen) atoms. The van der Waals surface area contributed by atoms with E-state index in [0.29, 0.717) is 30.5 Å². The lowest BCUT2D eigenvalue weighted by molar-refractivity contribution is 0.0526. The lowest BCUT2D eigenvalue weighted by Crippen LogP contribution is -2.05. The summed E-state index contributed by atoms with van der Waals surface area (Å²) in [5.41, 5.74) is 2.40. The Bertz CT molecular complexity index is 853. The molecule has 7 heteroatoms. The summed E-state index contributed by atoms with van der Waals surface area (Å²) < 4.78 is 4.97. The summed E-state index contributed by atoms with van der Waals surface area (Å²) in [5, 5.41) is 6.36. The molecule has 0 aliphatic carbocycles. The van der Waals surface area contributed by atoms with Crippen LogP contribution in [0.15, 0.2) is 61.1 Å². The monoisotopic (exact) mass is 349 g/mol. The van der Waals surface area contributed by atoms with Crippen molar-refractivity contribution in [1.29, 1.82) is 0 Å². The molecule has 3 rings (SSSR count). The van der Waals surface area contributed by atoms with Crippen LogP contribution < -0.4 is 10.6 Å². The fourth-order valence-corrected chi connectivity index (χ4v) is 2.24. The lowest BCUT2D eigenvalue weighted by atomic mass is 10.2. The summed E-state index contributed by atoms with van der Waals surface area (Å²) in [6.45, 7) is 2.78. The highest BCUT2D eigenvalue weighted by atomic mass is 16.5. The standard InChI is InChI=1S/C19H19N5O2/c1-2-26-18(25)15-3-5-16(6-4-15)23-19-21-12-9-17(24-19)22-13-14-7-10-20-11-8-14/h3-12H,2,13H2,1H3,(H2,21,22,23,24). The zero-order valence-electron chi connectivity index (χ0n) is 14.3. The predicted octanol–water partition coefficient (Wildman–Crippen LogP) is 3.40.